The molecule has 1 saturated heterocycles. The Kier molecular flexibility index (Phi) is 4.98. The van der Waals surface area contributed by atoms with Crippen LogP contribution in [0.5, 0.6) is 0 Å². The van der Waals surface area contributed by atoms with Gasteiger partial charge in [-0.05, 0) is 57.2 Å². The van der Waals surface area contributed by atoms with Crippen molar-refractivity contribution in [2.24, 2.45) is 0 Å². The number of nitrogens with zero attached hydrogens (tertiary/aromatic N) is 4. The monoisotopic (exact) mass is 362 g/mol. The second-order valence-electron chi connectivity index (χ2n) is 6.86. The molecule has 1 aromatic carbocycles. The van der Waals surface area contributed by atoms with Crippen LogP contribution in [0.15, 0.2) is 65.4 Å². The summed E-state index contributed by atoms with van der Waals surface area (Å²) in [5, 5.41) is 4.07. The molecule has 0 saturated carbocycles. The summed E-state index contributed by atoms with van der Waals surface area (Å²) in [5.41, 5.74) is 2.32. The Balaban J connectivity index is 1.64. The summed E-state index contributed by atoms with van der Waals surface area (Å²) >= 11 is 0. The molecule has 0 spiro atoms. The summed E-state index contributed by atoms with van der Waals surface area (Å²) in [4.78, 5) is 21.6. The molecule has 0 atom stereocenters. The first-order chi connectivity index (χ1) is 13.2. The van der Waals surface area contributed by atoms with Crippen LogP contribution in [0, 0.1) is 0 Å². The van der Waals surface area contributed by atoms with Crippen LogP contribution in [-0.4, -0.2) is 47.1 Å². The van der Waals surface area contributed by atoms with E-state index in [0.717, 1.165) is 37.2 Å². The molecule has 0 N–H and O–H groups in total. The topological polar surface area (TPSA) is 62.5 Å². The number of para-hydroxylation sites is 1. The van der Waals surface area contributed by atoms with Crippen molar-refractivity contribution >= 4 is 11.6 Å². The molecule has 2 aromatic heterocycles. The van der Waals surface area contributed by atoms with E-state index < -0.39 is 0 Å². The van der Waals surface area contributed by atoms with Gasteiger partial charge in [0, 0.05) is 35.8 Å². The summed E-state index contributed by atoms with van der Waals surface area (Å²) in [6, 6.07) is 15.4. The van der Waals surface area contributed by atoms with Gasteiger partial charge in [0.2, 0.25) is 5.76 Å². The molecule has 0 aliphatic carbocycles. The summed E-state index contributed by atoms with van der Waals surface area (Å²) in [7, 11) is 2.11. The van der Waals surface area contributed by atoms with Gasteiger partial charge >= 0.3 is 0 Å². The number of pyridine rings is 1. The third kappa shape index (κ3) is 3.75. The molecular weight excluding hydrogens is 340 g/mol. The Morgan fingerprint density at radius 3 is 2.63 bits per heavy atom. The number of benzene rings is 1. The van der Waals surface area contributed by atoms with E-state index in [1.54, 1.807) is 18.5 Å². The average molecular weight is 362 g/mol. The summed E-state index contributed by atoms with van der Waals surface area (Å²) in [6.07, 6.45) is 5.27. The first-order valence-electron chi connectivity index (χ1n) is 9.16. The van der Waals surface area contributed by atoms with Crippen molar-refractivity contribution in [3.8, 4) is 11.3 Å². The summed E-state index contributed by atoms with van der Waals surface area (Å²) < 4.78 is 5.42. The Morgan fingerprint density at radius 2 is 1.93 bits per heavy atom. The van der Waals surface area contributed by atoms with Gasteiger partial charge in [-0.3, -0.25) is 9.78 Å². The normalized spacial score (nSPS) is 15.6. The number of rotatable bonds is 4. The molecule has 0 bridgehead atoms. The number of amides is 1. The van der Waals surface area contributed by atoms with Gasteiger partial charge in [0.1, 0.15) is 5.69 Å². The quantitative estimate of drug-likeness (QED) is 0.711. The van der Waals surface area contributed by atoms with Crippen LogP contribution in [-0.2, 0) is 0 Å². The molecule has 138 valence electrons. The van der Waals surface area contributed by atoms with Crippen LogP contribution < -0.4 is 4.90 Å². The zero-order valence-electron chi connectivity index (χ0n) is 15.3. The van der Waals surface area contributed by atoms with Gasteiger partial charge in [0.25, 0.3) is 5.91 Å². The van der Waals surface area contributed by atoms with Crippen LogP contribution in [0.25, 0.3) is 11.3 Å². The molecule has 6 nitrogen and oxygen atoms in total. The highest BCUT2D eigenvalue weighted by Crippen LogP contribution is 2.27. The molecule has 3 aromatic rings. The van der Waals surface area contributed by atoms with Gasteiger partial charge < -0.3 is 14.3 Å². The van der Waals surface area contributed by atoms with Crippen molar-refractivity contribution < 1.29 is 9.32 Å². The fourth-order valence-corrected chi connectivity index (χ4v) is 3.48. The Morgan fingerprint density at radius 1 is 1.15 bits per heavy atom. The zero-order valence-corrected chi connectivity index (χ0v) is 15.3. The van der Waals surface area contributed by atoms with Crippen LogP contribution in [0.1, 0.15) is 23.4 Å². The van der Waals surface area contributed by atoms with Crippen LogP contribution in [0.4, 0.5) is 5.69 Å². The maximum absolute atomic E-state index is 13.3. The minimum atomic E-state index is -0.154. The highest BCUT2D eigenvalue weighted by atomic mass is 16.5. The smallest absolute Gasteiger partial charge is 0.297 e. The Bertz CT molecular complexity index is 887. The minimum absolute atomic E-state index is 0.142. The molecule has 0 unspecified atom stereocenters. The molecule has 3 heterocycles. The highest BCUT2D eigenvalue weighted by molar-refractivity contribution is 6.05. The third-order valence-electron chi connectivity index (χ3n) is 4.98. The van der Waals surface area contributed by atoms with E-state index in [0.29, 0.717) is 5.69 Å². The number of hydrogen-bond donors (Lipinski definition) is 0. The van der Waals surface area contributed by atoms with E-state index in [-0.39, 0.29) is 17.7 Å². The average Bonchev–Trinajstić information content (AvgIpc) is 3.21. The Labute approximate surface area is 158 Å². The Hall–Kier alpha value is -2.99. The maximum Gasteiger partial charge on any atom is 0.297 e. The number of anilines is 1. The van der Waals surface area contributed by atoms with Crippen LogP contribution in [0.2, 0.25) is 0 Å². The lowest BCUT2D eigenvalue weighted by atomic mass is 10.0. The maximum atomic E-state index is 13.3. The lowest BCUT2D eigenvalue weighted by Crippen LogP contribution is -2.46. The van der Waals surface area contributed by atoms with E-state index in [1.165, 1.54) is 0 Å². The fraction of sp³-hybridized carbons (Fsp3) is 0.286. The van der Waals surface area contributed by atoms with E-state index in [1.807, 2.05) is 47.4 Å². The lowest BCUT2D eigenvalue weighted by Gasteiger charge is -2.36. The standard InChI is InChI=1S/C21H22N4O2/c1-24-12-9-18(10-13-24)25(17-7-3-2-4-8-17)21(26)20-14-19(23-27-20)16-6-5-11-22-15-16/h2-8,11,14-15,18H,9-10,12-13H2,1H3. The predicted octanol–water partition coefficient (Wildman–Crippen LogP) is 3.48. The minimum Gasteiger partial charge on any atom is -0.350 e. The van der Waals surface area contributed by atoms with Gasteiger partial charge in [-0.25, -0.2) is 0 Å². The van der Waals surface area contributed by atoms with E-state index >= 15 is 0 Å². The molecule has 1 amide bonds. The first kappa shape index (κ1) is 17.4. The predicted molar refractivity (Wildman–Crippen MR) is 104 cm³/mol. The van der Waals surface area contributed by atoms with E-state index in [9.17, 15) is 4.79 Å². The van der Waals surface area contributed by atoms with E-state index in [2.05, 4.69) is 22.1 Å². The van der Waals surface area contributed by atoms with Gasteiger partial charge in [0.05, 0.1) is 0 Å². The molecule has 4 rings (SSSR count). The van der Waals surface area contributed by atoms with Crippen molar-refractivity contribution in [1.29, 1.82) is 0 Å². The van der Waals surface area contributed by atoms with E-state index in [4.69, 9.17) is 4.52 Å². The summed E-state index contributed by atoms with van der Waals surface area (Å²) in [5.74, 6) is 0.0926. The number of carbonyl (C=O) groups is 1. The zero-order chi connectivity index (χ0) is 18.6. The van der Waals surface area contributed by atoms with Gasteiger partial charge in [0.15, 0.2) is 0 Å². The molecule has 1 fully saturated rings. The van der Waals surface area contributed by atoms with Crippen molar-refractivity contribution in [1.82, 2.24) is 15.0 Å². The number of likely N-dealkylation sites (tertiary alicyclic amines) is 1. The largest absolute Gasteiger partial charge is 0.350 e. The number of piperidine rings is 1. The first-order valence-corrected chi connectivity index (χ1v) is 9.16. The van der Waals surface area contributed by atoms with Crippen molar-refractivity contribution in [2.45, 2.75) is 18.9 Å². The molecule has 1 aliphatic heterocycles. The van der Waals surface area contributed by atoms with Crippen molar-refractivity contribution in [3.63, 3.8) is 0 Å². The second-order valence-corrected chi connectivity index (χ2v) is 6.86. The highest BCUT2D eigenvalue weighted by Gasteiger charge is 2.31. The number of hydrogen-bond acceptors (Lipinski definition) is 5. The van der Waals surface area contributed by atoms with Crippen molar-refractivity contribution in [3.05, 3.63) is 66.7 Å². The SMILES string of the molecule is CN1CCC(N(C(=O)c2cc(-c3cccnc3)no2)c2ccccc2)CC1. The third-order valence-corrected chi connectivity index (χ3v) is 4.98. The number of aromatic nitrogens is 2. The molecule has 1 aliphatic rings. The number of carbonyl (C=O) groups excluding carboxylic acids is 1. The molecule has 0 radical (unpaired) electrons. The van der Waals surface area contributed by atoms with Crippen LogP contribution >= 0.6 is 0 Å². The van der Waals surface area contributed by atoms with Crippen LogP contribution in [0.3, 0.4) is 0 Å². The fourth-order valence-electron chi connectivity index (χ4n) is 3.48. The molecule has 6 heteroatoms. The van der Waals surface area contributed by atoms with Gasteiger partial charge in [-0.2, -0.15) is 0 Å². The second kappa shape index (κ2) is 7.72. The lowest BCUT2D eigenvalue weighted by molar-refractivity contribution is 0.0928. The summed E-state index contributed by atoms with van der Waals surface area (Å²) in [6.45, 7) is 1.94. The molecule has 27 heavy (non-hydrogen) atoms. The van der Waals surface area contributed by atoms with Gasteiger partial charge in [-0.1, -0.05) is 23.4 Å². The van der Waals surface area contributed by atoms with Gasteiger partial charge in [-0.15, -0.1) is 0 Å². The molecular formula is C21H22N4O2. The van der Waals surface area contributed by atoms with Crippen molar-refractivity contribution in [2.75, 3.05) is 25.0 Å².